The van der Waals surface area contributed by atoms with Gasteiger partial charge in [-0.25, -0.2) is 0 Å². The second-order valence-corrected chi connectivity index (χ2v) is 0.0962. The molecule has 0 aromatic heterocycles. The molecule has 0 saturated heterocycles. The van der Waals surface area contributed by atoms with Gasteiger partial charge in [-0.15, -0.1) is 0 Å². The molecule has 0 aromatic rings. The first-order valence-corrected chi connectivity index (χ1v) is 0.471. The maximum atomic E-state index is 8.25. The van der Waals surface area contributed by atoms with Crippen LogP contribution in [0.4, 0.5) is 0 Å². The van der Waals surface area contributed by atoms with E-state index in [0.29, 0.717) is 0 Å². The SMILES string of the molecule is O.O.O.O.O.O.O.O.O=B[O-].[Na+]. The van der Waals surface area contributed by atoms with Crippen LogP contribution in [0, 0.1) is 0 Å². The first-order chi connectivity index (χ1) is 1.41. The second kappa shape index (κ2) is 671. The van der Waals surface area contributed by atoms with Crippen molar-refractivity contribution in [1.29, 1.82) is 0 Å². The van der Waals surface area contributed by atoms with Crippen LogP contribution in [0.3, 0.4) is 0 Å². The quantitative estimate of drug-likeness (QED) is 0.351. The van der Waals surface area contributed by atoms with Crippen molar-refractivity contribution in [1.82, 2.24) is 0 Å². The van der Waals surface area contributed by atoms with Gasteiger partial charge in [0.2, 0.25) is 0 Å². The molecule has 0 aliphatic carbocycles. The van der Waals surface area contributed by atoms with E-state index in [1.807, 2.05) is 0 Å². The third-order valence-corrected chi connectivity index (χ3v) is 0. The van der Waals surface area contributed by atoms with Gasteiger partial charge in [0.05, 0.1) is 0 Å². The van der Waals surface area contributed by atoms with Gasteiger partial charge in [-0.2, -0.15) is 0 Å². The summed E-state index contributed by atoms with van der Waals surface area (Å²) >= 11 is 0. The van der Waals surface area contributed by atoms with Gasteiger partial charge in [-0.05, 0) is 0 Å². The van der Waals surface area contributed by atoms with Gasteiger partial charge in [-0.3, -0.25) is 0 Å². The summed E-state index contributed by atoms with van der Waals surface area (Å²) in [5, 5.41) is 8.25. The molecule has 0 radical (unpaired) electrons. The molecule has 0 fully saturated rings. The van der Waals surface area contributed by atoms with Crippen LogP contribution in [-0.2, 0) is 4.70 Å². The van der Waals surface area contributed by atoms with Crippen LogP contribution < -0.4 is 34.6 Å². The molecule has 0 spiro atoms. The predicted molar refractivity (Wildman–Crippen MR) is 35.4 cm³/mol. The molecule has 0 unspecified atom stereocenters. The second-order valence-electron chi connectivity index (χ2n) is 0.0962. The summed E-state index contributed by atoms with van der Waals surface area (Å²) in [6, 6.07) is 0. The van der Waals surface area contributed by atoms with Crippen molar-refractivity contribution in [3.8, 4) is 0 Å². The third kappa shape index (κ3) is 7590. The van der Waals surface area contributed by atoms with Crippen molar-refractivity contribution < 1.29 is 83.1 Å². The summed E-state index contributed by atoms with van der Waals surface area (Å²) in [6.07, 6.45) is 0. The molecule has 0 aliphatic rings. The van der Waals surface area contributed by atoms with Crippen LogP contribution in [0.2, 0.25) is 0 Å². The molecule has 0 saturated carbocycles. The van der Waals surface area contributed by atoms with E-state index in [-0.39, 0.29) is 73.4 Å². The summed E-state index contributed by atoms with van der Waals surface area (Å²) in [6.45, 7) is 0. The van der Waals surface area contributed by atoms with Gasteiger partial charge in [0.1, 0.15) is 0 Å². The maximum Gasteiger partial charge on any atom is 1.00 e. The Morgan fingerprint density at radius 3 is 0.667 bits per heavy atom. The minimum Gasteiger partial charge on any atom is 1.00 e. The zero-order valence-corrected chi connectivity index (χ0v) is 8.39. The molecule has 0 heterocycles. The third-order valence-electron chi connectivity index (χ3n) is 0. The zero-order chi connectivity index (χ0) is 2.71. The Hall–Kier alpha value is 0.345. The molecule has 16 N–H and O–H groups in total. The largest absolute Gasteiger partial charge is 1.00 e. The van der Waals surface area contributed by atoms with E-state index in [4.69, 9.17) is 9.73 Å². The summed E-state index contributed by atoms with van der Waals surface area (Å²) in [7, 11) is -0.500. The normalized spacial score (nSPS) is 0.667. The molecule has 10 nitrogen and oxygen atoms in total. The molecule has 0 rings (SSSR count). The van der Waals surface area contributed by atoms with Crippen molar-refractivity contribution in [3.63, 3.8) is 0 Å². The van der Waals surface area contributed by atoms with E-state index in [1.165, 1.54) is 0 Å². The first kappa shape index (κ1) is 289. The van der Waals surface area contributed by atoms with E-state index >= 15 is 0 Å². The van der Waals surface area contributed by atoms with E-state index in [9.17, 15) is 0 Å². The number of hydrogen-bond acceptors (Lipinski definition) is 2. The molecule has 0 amide bonds. The topological polar surface area (TPSA) is 292 Å². The summed E-state index contributed by atoms with van der Waals surface area (Å²) in [5.74, 6) is 0. The molecule has 0 aromatic carbocycles. The fourth-order valence-corrected chi connectivity index (χ4v) is 0. The summed E-state index contributed by atoms with van der Waals surface area (Å²) < 4.78 is 8.25. The van der Waals surface area contributed by atoms with Crippen LogP contribution >= 0.6 is 0 Å². The van der Waals surface area contributed by atoms with E-state index in [2.05, 4.69) is 0 Å². The summed E-state index contributed by atoms with van der Waals surface area (Å²) in [4.78, 5) is 0. The first-order valence-electron chi connectivity index (χ1n) is 0.471. The minimum atomic E-state index is -0.500. The molecule has 12 heavy (non-hydrogen) atoms. The molecule has 0 aliphatic heterocycles. The van der Waals surface area contributed by atoms with Crippen molar-refractivity contribution in [2.75, 3.05) is 0 Å². The Bertz CT molecular complexity index is 17.3. The fraction of sp³-hybridized carbons (Fsp3) is 0. The number of hydrogen-bond donors (Lipinski definition) is 0. The predicted octanol–water partition coefficient (Wildman–Crippen LogP) is -11.3. The van der Waals surface area contributed by atoms with Gasteiger partial charge >= 0.3 is 46.6 Å². The monoisotopic (exact) mass is 210 g/mol. The maximum absolute atomic E-state index is 8.25. The van der Waals surface area contributed by atoms with Gasteiger partial charge < -0.3 is 43.8 Å². The van der Waals surface area contributed by atoms with E-state index < -0.39 is 7.35 Å². The average molecular weight is 210 g/mol. The Kier molecular flexibility index (Phi) is 16200. The standard InChI is InChI=1S/BO2.Na.8H2O/c2-1-3;;;;;;;;;/h;;8*1H2/q-1;+1;;;;;;;;. The van der Waals surface area contributed by atoms with Crippen molar-refractivity contribution in [2.45, 2.75) is 0 Å². The Labute approximate surface area is 90.6 Å². The molecule has 0 atom stereocenters. The van der Waals surface area contributed by atoms with Gasteiger partial charge in [0.25, 0.3) is 0 Å². The Balaban J connectivity index is -0.000000000556. The Morgan fingerprint density at radius 2 is 0.667 bits per heavy atom. The molecule has 80 valence electrons. The zero-order valence-electron chi connectivity index (χ0n) is 6.39. The number of rotatable bonds is 0. The van der Waals surface area contributed by atoms with E-state index in [1.54, 1.807) is 0 Å². The fourth-order valence-electron chi connectivity index (χ4n) is 0. The minimum absolute atomic E-state index is 0. The smallest absolute Gasteiger partial charge is 1.00 e. The van der Waals surface area contributed by atoms with Crippen LogP contribution in [0.5, 0.6) is 0 Å². The van der Waals surface area contributed by atoms with Gasteiger partial charge in [0.15, 0.2) is 0 Å². The van der Waals surface area contributed by atoms with Gasteiger partial charge in [0, 0.05) is 0 Å². The van der Waals surface area contributed by atoms with E-state index in [0.717, 1.165) is 0 Å². The van der Waals surface area contributed by atoms with Crippen LogP contribution in [0.15, 0.2) is 0 Å². The Morgan fingerprint density at radius 1 is 0.667 bits per heavy atom. The molecule has 12 heteroatoms. The molecular weight excluding hydrogens is 194 g/mol. The van der Waals surface area contributed by atoms with Crippen LogP contribution in [0.25, 0.3) is 0 Å². The van der Waals surface area contributed by atoms with Crippen molar-refractivity contribution >= 4 is 7.35 Å². The molecule has 0 bridgehead atoms. The van der Waals surface area contributed by atoms with Crippen LogP contribution in [-0.4, -0.2) is 51.2 Å². The molecular formula is H16BNaO10. The van der Waals surface area contributed by atoms with Gasteiger partial charge in [-0.1, -0.05) is 0 Å². The summed E-state index contributed by atoms with van der Waals surface area (Å²) in [5.41, 5.74) is 0. The average Bonchev–Trinajstić information content (AvgIpc) is 0.918. The van der Waals surface area contributed by atoms with Crippen LogP contribution in [0.1, 0.15) is 0 Å². The van der Waals surface area contributed by atoms with Crippen molar-refractivity contribution in [3.05, 3.63) is 0 Å². The van der Waals surface area contributed by atoms with Crippen molar-refractivity contribution in [2.24, 2.45) is 0 Å².